The fourth-order valence-electron chi connectivity index (χ4n) is 5.03. The van der Waals surface area contributed by atoms with E-state index >= 15 is 0 Å². The number of carbonyl (C=O) groups is 3. The number of nitrogens with one attached hydrogen (secondary N) is 1. The molecule has 1 saturated heterocycles. The first-order valence-corrected chi connectivity index (χ1v) is 13.2. The number of alkyl halides is 2. The van der Waals surface area contributed by atoms with Gasteiger partial charge in [-0.05, 0) is 18.2 Å². The van der Waals surface area contributed by atoms with Crippen LogP contribution in [0.3, 0.4) is 0 Å². The summed E-state index contributed by atoms with van der Waals surface area (Å²) in [4.78, 5) is 62.2. The Morgan fingerprint density at radius 1 is 1.19 bits per heavy atom. The molecule has 3 aromatic rings. The van der Waals surface area contributed by atoms with Gasteiger partial charge in [0.25, 0.3) is 11.8 Å². The molecule has 2 fully saturated rings. The molecule has 3 heterocycles. The lowest BCUT2D eigenvalue weighted by Crippen LogP contribution is -2.56. The SMILES string of the molecule is NC(=O)c1ccnc(N2C(=O)CC[C@H]2[N+](=O)N(c2cncc(F)c2)C(C(=O)NC2CC(F)(F)C2)c2ccccc2Cl)c1. The molecule has 0 bridgehead atoms. The first kappa shape index (κ1) is 28.9. The zero-order valence-corrected chi connectivity index (χ0v) is 22.5. The van der Waals surface area contributed by atoms with Gasteiger partial charge in [0.1, 0.15) is 22.2 Å². The van der Waals surface area contributed by atoms with Gasteiger partial charge in [0.2, 0.25) is 11.8 Å². The molecule has 2 aliphatic rings. The second-order valence-electron chi connectivity index (χ2n) is 9.95. The summed E-state index contributed by atoms with van der Waals surface area (Å²) in [7, 11) is 0. The van der Waals surface area contributed by atoms with Crippen molar-refractivity contribution in [1.82, 2.24) is 15.3 Å². The van der Waals surface area contributed by atoms with E-state index in [0.29, 0.717) is 4.87 Å². The molecular weight excluding hydrogens is 579 g/mol. The molecular formula is C27H24ClF3N7O4+. The van der Waals surface area contributed by atoms with Crippen molar-refractivity contribution in [3.63, 3.8) is 0 Å². The smallest absolute Gasteiger partial charge is 0.317 e. The Morgan fingerprint density at radius 3 is 2.60 bits per heavy atom. The van der Waals surface area contributed by atoms with E-state index in [4.69, 9.17) is 17.3 Å². The highest BCUT2D eigenvalue weighted by Gasteiger charge is 2.52. The summed E-state index contributed by atoms with van der Waals surface area (Å²) >= 11 is 6.46. The van der Waals surface area contributed by atoms with Crippen LogP contribution in [0, 0.1) is 10.7 Å². The number of rotatable bonds is 9. The van der Waals surface area contributed by atoms with Gasteiger partial charge in [0.15, 0.2) is 6.04 Å². The second-order valence-corrected chi connectivity index (χ2v) is 10.4. The van der Waals surface area contributed by atoms with Gasteiger partial charge in [-0.1, -0.05) is 34.8 Å². The molecule has 218 valence electrons. The number of benzene rings is 1. The van der Waals surface area contributed by atoms with Gasteiger partial charge in [-0.15, -0.1) is 0 Å². The Bertz CT molecular complexity index is 1570. The number of halogens is 4. The van der Waals surface area contributed by atoms with Crippen molar-refractivity contribution >= 4 is 40.8 Å². The van der Waals surface area contributed by atoms with E-state index in [2.05, 4.69) is 15.3 Å². The van der Waals surface area contributed by atoms with Crippen LogP contribution in [-0.2, 0) is 9.59 Å². The van der Waals surface area contributed by atoms with Gasteiger partial charge < -0.3 is 11.1 Å². The topological polar surface area (TPSA) is 142 Å². The Morgan fingerprint density at radius 2 is 1.93 bits per heavy atom. The monoisotopic (exact) mass is 602 g/mol. The highest BCUT2D eigenvalue weighted by molar-refractivity contribution is 6.31. The van der Waals surface area contributed by atoms with Gasteiger partial charge >= 0.3 is 6.17 Å². The lowest BCUT2D eigenvalue weighted by molar-refractivity contribution is -0.598. The molecule has 1 unspecified atom stereocenters. The van der Waals surface area contributed by atoms with E-state index in [0.717, 1.165) is 28.4 Å². The van der Waals surface area contributed by atoms with Crippen molar-refractivity contribution in [3.05, 3.63) is 87.9 Å². The van der Waals surface area contributed by atoms with Crippen molar-refractivity contribution in [1.29, 1.82) is 0 Å². The minimum Gasteiger partial charge on any atom is -0.366 e. The van der Waals surface area contributed by atoms with Crippen LogP contribution in [0.5, 0.6) is 0 Å². The third-order valence-electron chi connectivity index (χ3n) is 7.01. The number of hydrogen-bond donors (Lipinski definition) is 2. The minimum atomic E-state index is -2.94. The molecule has 11 nitrogen and oxygen atoms in total. The fraction of sp³-hybridized carbons (Fsp3) is 0.296. The minimum absolute atomic E-state index is 0.0349. The molecule has 3 amide bonds. The summed E-state index contributed by atoms with van der Waals surface area (Å²) < 4.78 is 41.6. The van der Waals surface area contributed by atoms with Crippen LogP contribution in [0.4, 0.5) is 24.7 Å². The predicted molar refractivity (Wildman–Crippen MR) is 144 cm³/mol. The average molecular weight is 603 g/mol. The number of aromatic nitrogens is 2. The van der Waals surface area contributed by atoms with Crippen molar-refractivity contribution in [2.75, 3.05) is 9.91 Å². The molecule has 2 atom stereocenters. The summed E-state index contributed by atoms with van der Waals surface area (Å²) in [5.41, 5.74) is 5.34. The molecule has 0 spiro atoms. The summed E-state index contributed by atoms with van der Waals surface area (Å²) in [6.07, 6.45) is 0.611. The third kappa shape index (κ3) is 5.75. The number of hydrogen-bond acceptors (Lipinski definition) is 6. The van der Waals surface area contributed by atoms with Crippen LogP contribution in [0.25, 0.3) is 0 Å². The fourth-order valence-corrected chi connectivity index (χ4v) is 5.27. The summed E-state index contributed by atoms with van der Waals surface area (Å²) in [6, 6.07) is 7.14. The molecule has 42 heavy (non-hydrogen) atoms. The van der Waals surface area contributed by atoms with Gasteiger partial charge in [-0.3, -0.25) is 19.4 Å². The predicted octanol–water partition coefficient (Wildman–Crippen LogP) is 3.68. The molecule has 5 rings (SSSR count). The third-order valence-corrected chi connectivity index (χ3v) is 7.36. The number of nitrogens with two attached hydrogens (primary N) is 1. The molecule has 1 aliphatic carbocycles. The Labute approximate surface area is 242 Å². The highest BCUT2D eigenvalue weighted by atomic mass is 35.5. The molecule has 15 heteroatoms. The largest absolute Gasteiger partial charge is 0.366 e. The van der Waals surface area contributed by atoms with Crippen molar-refractivity contribution < 1.29 is 32.4 Å². The van der Waals surface area contributed by atoms with Crippen LogP contribution in [0.1, 0.15) is 47.6 Å². The summed E-state index contributed by atoms with van der Waals surface area (Å²) in [6.45, 7) is 0. The number of hydrazine groups is 1. The maximum absolute atomic E-state index is 14.5. The van der Waals surface area contributed by atoms with Crippen molar-refractivity contribution in [2.24, 2.45) is 5.73 Å². The van der Waals surface area contributed by atoms with Gasteiger partial charge in [-0.25, -0.2) is 23.1 Å². The second kappa shape index (κ2) is 11.4. The van der Waals surface area contributed by atoms with Crippen molar-refractivity contribution in [3.8, 4) is 0 Å². The average Bonchev–Trinajstić information content (AvgIpc) is 3.32. The van der Waals surface area contributed by atoms with E-state index in [1.165, 1.54) is 30.5 Å². The van der Waals surface area contributed by atoms with E-state index < -0.39 is 60.6 Å². The van der Waals surface area contributed by atoms with Crippen LogP contribution in [0.2, 0.25) is 5.02 Å². The molecule has 1 saturated carbocycles. The number of carbonyl (C=O) groups excluding carboxylic acids is 3. The van der Waals surface area contributed by atoms with E-state index in [1.54, 1.807) is 12.1 Å². The van der Waals surface area contributed by atoms with Gasteiger partial charge in [0, 0.05) is 60.1 Å². The lowest BCUT2D eigenvalue weighted by atomic mass is 9.88. The number of amides is 3. The molecule has 0 radical (unpaired) electrons. The maximum Gasteiger partial charge on any atom is 0.317 e. The molecule has 2 aromatic heterocycles. The van der Waals surface area contributed by atoms with Crippen LogP contribution in [-0.4, -0.2) is 50.7 Å². The van der Waals surface area contributed by atoms with E-state index in [1.807, 2.05) is 0 Å². The van der Waals surface area contributed by atoms with Crippen LogP contribution >= 0.6 is 11.6 Å². The van der Waals surface area contributed by atoms with E-state index in [9.17, 15) is 32.5 Å². The number of nitrogens with zero attached hydrogens (tertiary/aromatic N) is 5. The van der Waals surface area contributed by atoms with Crippen LogP contribution < -0.4 is 21.0 Å². The Kier molecular flexibility index (Phi) is 7.82. The van der Waals surface area contributed by atoms with E-state index in [-0.39, 0.29) is 40.5 Å². The van der Waals surface area contributed by atoms with Gasteiger partial charge in [-0.2, -0.15) is 0 Å². The lowest BCUT2D eigenvalue weighted by Gasteiger charge is -2.37. The van der Waals surface area contributed by atoms with Crippen LogP contribution in [0.15, 0.2) is 61.1 Å². The molecule has 3 N–H and O–H groups in total. The standard InChI is InChI=1S/C27H23ClF3N7O4/c28-20-4-2-1-3-19(20)24(26(41)35-17-11-27(30,31)12-17)37(18-10-16(29)13-33-14-18)38(42)22-5-6-23(39)36(22)21-9-15(25(32)40)7-8-34-21/h1-4,7-10,13-14,17,22,24H,5-6,11-12H2,(H2-,32,35,40,41)/p+1/t22-,24?/m1/s1. The van der Waals surface area contributed by atoms with Crippen molar-refractivity contribution in [2.45, 2.75) is 49.9 Å². The number of primary amides is 1. The highest BCUT2D eigenvalue weighted by Crippen LogP contribution is 2.39. The first-order chi connectivity index (χ1) is 19.9. The Balaban J connectivity index is 1.60. The zero-order valence-electron chi connectivity index (χ0n) is 21.8. The maximum atomic E-state index is 14.5. The number of pyridine rings is 2. The molecule has 1 aliphatic heterocycles. The molecule has 1 aromatic carbocycles. The summed E-state index contributed by atoms with van der Waals surface area (Å²) in [5.74, 6) is -5.98. The normalized spacial score (nSPS) is 18.7. The quantitative estimate of drug-likeness (QED) is 0.281. The number of nitroso groups, excluding NO2 is 1. The number of anilines is 2. The van der Waals surface area contributed by atoms with Gasteiger partial charge in [0.05, 0.1) is 17.3 Å². The zero-order chi connectivity index (χ0) is 30.2. The Hall–Kier alpha value is -4.59. The first-order valence-electron chi connectivity index (χ1n) is 12.8. The summed E-state index contributed by atoms with van der Waals surface area (Å²) in [5, 5.41) is 3.47.